The number of nitrogens with one attached hydrogen (secondary N) is 1. The van der Waals surface area contributed by atoms with Gasteiger partial charge in [0.1, 0.15) is 6.61 Å². The molecule has 0 saturated carbocycles. The molecule has 0 aliphatic heterocycles. The van der Waals surface area contributed by atoms with Crippen molar-refractivity contribution in [3.63, 3.8) is 0 Å². The molecule has 2 amide bonds. The highest BCUT2D eigenvalue weighted by molar-refractivity contribution is 5.81. The summed E-state index contributed by atoms with van der Waals surface area (Å²) in [6, 6.07) is 0. The van der Waals surface area contributed by atoms with Gasteiger partial charge in [0.05, 0.1) is 12.3 Å². The van der Waals surface area contributed by atoms with Crippen LogP contribution in [0.25, 0.3) is 0 Å². The first-order chi connectivity index (χ1) is 7.97. The highest BCUT2D eigenvalue weighted by Crippen LogP contribution is 1.88. The smallest absolute Gasteiger partial charge is 0.433 e. The van der Waals surface area contributed by atoms with Gasteiger partial charge >= 0.3 is 12.2 Å². The molecule has 0 aromatic rings. The number of oxime groups is 1. The number of hydrogen-bond donors (Lipinski definition) is 1. The molecule has 0 atom stereocenters. The Bertz CT molecular complexity index is 289. The number of ether oxygens (including phenoxy) is 1. The summed E-state index contributed by atoms with van der Waals surface area (Å²) in [4.78, 5) is 27.9. The normalized spacial score (nSPS) is 10.7. The third-order valence-corrected chi connectivity index (χ3v) is 1.76. The third kappa shape index (κ3) is 8.06. The molecular formula is C10H19N3O4. The molecule has 0 spiro atoms. The maximum Gasteiger partial charge on any atom is 0.433 e. The summed E-state index contributed by atoms with van der Waals surface area (Å²) in [6.45, 7) is 3.93. The zero-order chi connectivity index (χ0) is 13.3. The van der Waals surface area contributed by atoms with E-state index in [4.69, 9.17) is 4.74 Å². The summed E-state index contributed by atoms with van der Waals surface area (Å²) in [5.41, 5.74) is 0.721. The van der Waals surface area contributed by atoms with E-state index in [-0.39, 0.29) is 13.2 Å². The summed E-state index contributed by atoms with van der Waals surface area (Å²) in [5.74, 6) is 0. The van der Waals surface area contributed by atoms with Gasteiger partial charge in [-0.2, -0.15) is 0 Å². The molecule has 0 aromatic carbocycles. The van der Waals surface area contributed by atoms with Crippen molar-refractivity contribution in [2.24, 2.45) is 5.16 Å². The van der Waals surface area contributed by atoms with Crippen molar-refractivity contribution >= 4 is 17.9 Å². The van der Waals surface area contributed by atoms with Crippen molar-refractivity contribution in [1.29, 1.82) is 0 Å². The SMILES string of the molecule is CC/C(C)=N\OC(=O)NCCOC(=O)N(C)C. The lowest BCUT2D eigenvalue weighted by atomic mass is 10.3. The monoisotopic (exact) mass is 245 g/mol. The van der Waals surface area contributed by atoms with Crippen LogP contribution in [0, 0.1) is 0 Å². The molecule has 0 fully saturated rings. The molecule has 0 aliphatic rings. The van der Waals surface area contributed by atoms with E-state index < -0.39 is 12.2 Å². The lowest BCUT2D eigenvalue weighted by Crippen LogP contribution is -2.30. The van der Waals surface area contributed by atoms with E-state index >= 15 is 0 Å². The van der Waals surface area contributed by atoms with Gasteiger partial charge in [0, 0.05) is 14.1 Å². The van der Waals surface area contributed by atoms with E-state index in [0.29, 0.717) is 6.42 Å². The number of carbonyl (C=O) groups is 2. The quantitative estimate of drug-likeness (QED) is 0.341. The van der Waals surface area contributed by atoms with Gasteiger partial charge in [0.2, 0.25) is 0 Å². The zero-order valence-corrected chi connectivity index (χ0v) is 10.6. The van der Waals surface area contributed by atoms with E-state index in [2.05, 4.69) is 15.3 Å². The van der Waals surface area contributed by atoms with Gasteiger partial charge in [0.25, 0.3) is 0 Å². The Morgan fingerprint density at radius 2 is 2.00 bits per heavy atom. The molecule has 0 bridgehead atoms. The zero-order valence-electron chi connectivity index (χ0n) is 10.6. The number of nitrogens with zero attached hydrogens (tertiary/aromatic N) is 2. The Kier molecular flexibility index (Phi) is 7.49. The second-order valence-corrected chi connectivity index (χ2v) is 3.49. The first-order valence-corrected chi connectivity index (χ1v) is 5.29. The fraction of sp³-hybridized carbons (Fsp3) is 0.700. The Balaban J connectivity index is 3.62. The predicted octanol–water partition coefficient (Wildman–Crippen LogP) is 1.20. The van der Waals surface area contributed by atoms with Gasteiger partial charge in [-0.1, -0.05) is 12.1 Å². The van der Waals surface area contributed by atoms with Crippen LogP contribution >= 0.6 is 0 Å². The molecule has 17 heavy (non-hydrogen) atoms. The molecule has 0 unspecified atom stereocenters. The van der Waals surface area contributed by atoms with Crippen LogP contribution < -0.4 is 5.32 Å². The summed E-state index contributed by atoms with van der Waals surface area (Å²) in [5, 5.41) is 5.97. The van der Waals surface area contributed by atoms with Crippen molar-refractivity contribution in [2.45, 2.75) is 20.3 Å². The lowest BCUT2D eigenvalue weighted by Gasteiger charge is -2.10. The lowest BCUT2D eigenvalue weighted by molar-refractivity contribution is 0.114. The van der Waals surface area contributed by atoms with Crippen LogP contribution in [0.15, 0.2) is 5.16 Å². The predicted molar refractivity (Wildman–Crippen MR) is 62.9 cm³/mol. The fourth-order valence-corrected chi connectivity index (χ4v) is 0.637. The summed E-state index contributed by atoms with van der Waals surface area (Å²) in [6.07, 6.45) is -0.410. The highest BCUT2D eigenvalue weighted by Gasteiger charge is 2.05. The van der Waals surface area contributed by atoms with Crippen LogP contribution in [0.5, 0.6) is 0 Å². The summed E-state index contributed by atoms with van der Waals surface area (Å²) >= 11 is 0. The first-order valence-electron chi connectivity index (χ1n) is 5.29. The van der Waals surface area contributed by atoms with Gasteiger partial charge in [-0.25, -0.2) is 9.59 Å². The van der Waals surface area contributed by atoms with Crippen LogP contribution in [-0.2, 0) is 9.57 Å². The molecule has 0 heterocycles. The minimum Gasteiger partial charge on any atom is -0.448 e. The van der Waals surface area contributed by atoms with E-state index in [1.165, 1.54) is 4.90 Å². The van der Waals surface area contributed by atoms with Crippen molar-refractivity contribution < 1.29 is 19.2 Å². The van der Waals surface area contributed by atoms with Gasteiger partial charge < -0.3 is 15.0 Å². The molecule has 7 heteroatoms. The average Bonchev–Trinajstić information content (AvgIpc) is 2.30. The van der Waals surface area contributed by atoms with Crippen LogP contribution in [-0.4, -0.2) is 50.0 Å². The highest BCUT2D eigenvalue weighted by atomic mass is 16.7. The average molecular weight is 245 g/mol. The van der Waals surface area contributed by atoms with Crippen LogP contribution in [0.3, 0.4) is 0 Å². The number of carbonyl (C=O) groups excluding carboxylic acids is 2. The molecule has 0 aromatic heterocycles. The summed E-state index contributed by atoms with van der Waals surface area (Å²) < 4.78 is 4.78. The largest absolute Gasteiger partial charge is 0.448 e. The molecular weight excluding hydrogens is 226 g/mol. The van der Waals surface area contributed by atoms with E-state index in [1.807, 2.05) is 6.92 Å². The second-order valence-electron chi connectivity index (χ2n) is 3.49. The van der Waals surface area contributed by atoms with Gasteiger partial charge in [-0.15, -0.1) is 0 Å². The van der Waals surface area contributed by atoms with Crippen molar-refractivity contribution in [1.82, 2.24) is 10.2 Å². The minimum atomic E-state index is -0.668. The first kappa shape index (κ1) is 15.2. The second kappa shape index (κ2) is 8.37. The van der Waals surface area contributed by atoms with Crippen LogP contribution in [0.4, 0.5) is 9.59 Å². The molecule has 0 aliphatic carbocycles. The molecule has 98 valence electrons. The Labute approximate surface area is 101 Å². The van der Waals surface area contributed by atoms with Gasteiger partial charge in [-0.05, 0) is 13.3 Å². The van der Waals surface area contributed by atoms with E-state index in [1.54, 1.807) is 21.0 Å². The minimum absolute atomic E-state index is 0.0859. The maximum absolute atomic E-state index is 11.1. The van der Waals surface area contributed by atoms with E-state index in [0.717, 1.165) is 5.71 Å². The standard InChI is InChI=1S/C10H19N3O4/c1-5-8(2)12-17-9(14)11-6-7-16-10(15)13(3)4/h5-7H2,1-4H3,(H,11,14)/b12-8-. The Morgan fingerprint density at radius 1 is 1.35 bits per heavy atom. The molecule has 1 N–H and O–H groups in total. The van der Waals surface area contributed by atoms with Crippen molar-refractivity contribution in [2.75, 3.05) is 27.2 Å². The van der Waals surface area contributed by atoms with Gasteiger partial charge in [-0.3, -0.25) is 4.84 Å². The van der Waals surface area contributed by atoms with Crippen LogP contribution in [0.1, 0.15) is 20.3 Å². The molecule has 0 saturated heterocycles. The molecule has 0 rings (SSSR count). The number of amides is 2. The topological polar surface area (TPSA) is 80.2 Å². The van der Waals surface area contributed by atoms with E-state index in [9.17, 15) is 9.59 Å². The molecule has 7 nitrogen and oxygen atoms in total. The maximum atomic E-state index is 11.1. The van der Waals surface area contributed by atoms with Crippen LogP contribution in [0.2, 0.25) is 0 Å². The number of rotatable bonds is 5. The molecule has 0 radical (unpaired) electrons. The Hall–Kier alpha value is -1.79. The van der Waals surface area contributed by atoms with Gasteiger partial charge in [0.15, 0.2) is 0 Å². The third-order valence-electron chi connectivity index (χ3n) is 1.76. The van der Waals surface area contributed by atoms with Crippen molar-refractivity contribution in [3.05, 3.63) is 0 Å². The summed E-state index contributed by atoms with van der Waals surface area (Å²) in [7, 11) is 3.15. The number of hydrogen-bond acceptors (Lipinski definition) is 5. The van der Waals surface area contributed by atoms with Crippen molar-refractivity contribution in [3.8, 4) is 0 Å². The Morgan fingerprint density at radius 3 is 2.53 bits per heavy atom. The fourth-order valence-electron chi connectivity index (χ4n) is 0.637.